The van der Waals surface area contributed by atoms with Crippen molar-refractivity contribution in [1.82, 2.24) is 29.3 Å². The SMILES string of the molecule is C=Cc1cnn2cc(-c3cnn(C)c3)cc(-c3ccc(N4CCN(C(=O)OC(C)(C)C)CC4)nc3)c12. The van der Waals surface area contributed by atoms with Gasteiger partial charge in [-0.25, -0.2) is 14.3 Å². The van der Waals surface area contributed by atoms with Crippen LogP contribution in [0.1, 0.15) is 26.3 Å². The number of carbonyl (C=O) groups excluding carboxylic acids is 1. The third-order valence-corrected chi connectivity index (χ3v) is 6.21. The maximum Gasteiger partial charge on any atom is 0.410 e. The maximum absolute atomic E-state index is 12.4. The van der Waals surface area contributed by atoms with E-state index in [2.05, 4.69) is 33.8 Å². The van der Waals surface area contributed by atoms with Crippen LogP contribution in [0.2, 0.25) is 0 Å². The molecule has 1 saturated heterocycles. The summed E-state index contributed by atoms with van der Waals surface area (Å²) in [7, 11) is 1.91. The van der Waals surface area contributed by atoms with Gasteiger partial charge < -0.3 is 14.5 Å². The molecule has 1 aliphatic rings. The molecule has 5 heterocycles. The lowest BCUT2D eigenvalue weighted by Gasteiger charge is -2.36. The summed E-state index contributed by atoms with van der Waals surface area (Å²) in [5.74, 6) is 0.888. The predicted octanol–water partition coefficient (Wildman–Crippen LogP) is 4.50. The van der Waals surface area contributed by atoms with E-state index in [4.69, 9.17) is 9.72 Å². The average Bonchev–Trinajstić information content (AvgIpc) is 3.48. The molecule has 9 nitrogen and oxygen atoms in total. The number of hydrogen-bond acceptors (Lipinski definition) is 6. The highest BCUT2D eigenvalue weighted by Crippen LogP contribution is 2.33. The third kappa shape index (κ3) is 4.68. The molecule has 0 bridgehead atoms. The van der Waals surface area contributed by atoms with Crippen molar-refractivity contribution >= 4 is 23.5 Å². The molecule has 0 atom stereocenters. The number of nitrogens with zero attached hydrogens (tertiary/aromatic N) is 7. The molecular formula is C27H31N7O2. The fourth-order valence-corrected chi connectivity index (χ4v) is 4.42. The van der Waals surface area contributed by atoms with Crippen molar-refractivity contribution in [2.75, 3.05) is 31.1 Å². The van der Waals surface area contributed by atoms with E-state index in [9.17, 15) is 4.79 Å². The minimum atomic E-state index is -0.494. The van der Waals surface area contributed by atoms with Crippen LogP contribution in [0, 0.1) is 0 Å². The number of carbonyl (C=O) groups is 1. The highest BCUT2D eigenvalue weighted by Gasteiger charge is 2.26. The highest BCUT2D eigenvalue weighted by molar-refractivity contribution is 5.89. The number of pyridine rings is 2. The molecule has 9 heteroatoms. The summed E-state index contributed by atoms with van der Waals surface area (Å²) in [4.78, 5) is 21.1. The zero-order valence-corrected chi connectivity index (χ0v) is 21.2. The molecule has 0 aromatic carbocycles. The molecule has 0 N–H and O–H groups in total. The Morgan fingerprint density at radius 1 is 1.00 bits per heavy atom. The maximum atomic E-state index is 12.4. The number of amides is 1. The van der Waals surface area contributed by atoms with Crippen molar-refractivity contribution in [2.24, 2.45) is 7.05 Å². The first kappa shape index (κ1) is 23.6. The first-order valence-electron chi connectivity index (χ1n) is 12.0. The van der Waals surface area contributed by atoms with E-state index in [1.54, 1.807) is 9.58 Å². The zero-order chi connectivity index (χ0) is 25.4. The Morgan fingerprint density at radius 2 is 1.78 bits per heavy atom. The van der Waals surface area contributed by atoms with Gasteiger partial charge in [0.1, 0.15) is 11.4 Å². The van der Waals surface area contributed by atoms with E-state index in [1.807, 2.05) is 75.5 Å². The number of fused-ring (bicyclic) bond motifs is 1. The monoisotopic (exact) mass is 485 g/mol. The van der Waals surface area contributed by atoms with E-state index in [0.29, 0.717) is 26.2 Å². The molecule has 36 heavy (non-hydrogen) atoms. The van der Waals surface area contributed by atoms with Gasteiger partial charge in [0.15, 0.2) is 0 Å². The Kier molecular flexibility index (Phi) is 5.99. The molecule has 186 valence electrons. The lowest BCUT2D eigenvalue weighted by Crippen LogP contribution is -2.50. The molecule has 4 aromatic heterocycles. The van der Waals surface area contributed by atoms with Gasteiger partial charge in [-0.05, 0) is 39.0 Å². The minimum absolute atomic E-state index is 0.262. The largest absolute Gasteiger partial charge is 0.444 e. The fraction of sp³-hybridized carbons (Fsp3) is 0.333. The molecule has 5 rings (SSSR count). The van der Waals surface area contributed by atoms with E-state index in [1.165, 1.54) is 0 Å². The van der Waals surface area contributed by atoms with Crippen LogP contribution in [0.5, 0.6) is 0 Å². The summed E-state index contributed by atoms with van der Waals surface area (Å²) >= 11 is 0. The van der Waals surface area contributed by atoms with E-state index >= 15 is 0 Å². The number of hydrogen-bond donors (Lipinski definition) is 0. The second-order valence-electron chi connectivity index (χ2n) is 10.0. The van der Waals surface area contributed by atoms with Crippen molar-refractivity contribution < 1.29 is 9.53 Å². The second kappa shape index (κ2) is 9.14. The molecular weight excluding hydrogens is 454 g/mol. The van der Waals surface area contributed by atoms with Gasteiger partial charge in [-0.3, -0.25) is 4.68 Å². The van der Waals surface area contributed by atoms with Gasteiger partial charge in [0.05, 0.1) is 17.9 Å². The summed E-state index contributed by atoms with van der Waals surface area (Å²) in [6.07, 6.45) is 11.1. The number of rotatable bonds is 4. The summed E-state index contributed by atoms with van der Waals surface area (Å²) in [5.41, 5.74) is 5.51. The molecule has 1 aliphatic heterocycles. The predicted molar refractivity (Wildman–Crippen MR) is 141 cm³/mol. The number of aryl methyl sites for hydroxylation is 1. The van der Waals surface area contributed by atoms with Crippen LogP contribution in [0.4, 0.5) is 10.6 Å². The molecule has 0 unspecified atom stereocenters. The van der Waals surface area contributed by atoms with Gasteiger partial charge in [-0.1, -0.05) is 12.7 Å². The Labute approximate surface area is 210 Å². The van der Waals surface area contributed by atoms with Crippen LogP contribution in [-0.4, -0.2) is 67.2 Å². The van der Waals surface area contributed by atoms with E-state index in [-0.39, 0.29) is 6.09 Å². The van der Waals surface area contributed by atoms with Crippen molar-refractivity contribution in [3.8, 4) is 22.3 Å². The quantitative estimate of drug-likeness (QED) is 0.424. The molecule has 0 saturated carbocycles. The van der Waals surface area contributed by atoms with E-state index < -0.39 is 5.60 Å². The van der Waals surface area contributed by atoms with Crippen molar-refractivity contribution in [1.29, 1.82) is 0 Å². The van der Waals surface area contributed by atoms with Gasteiger partial charge in [0.2, 0.25) is 0 Å². The lowest BCUT2D eigenvalue weighted by atomic mass is 10.0. The molecule has 0 radical (unpaired) electrons. The number of aromatic nitrogens is 5. The summed E-state index contributed by atoms with van der Waals surface area (Å²) < 4.78 is 9.18. The standard InChI is InChI=1S/C27H31N7O2/c1-6-19-15-30-34-18-21(22-16-29-31(5)17-22)13-23(25(19)34)20-7-8-24(28-14-20)32-9-11-33(12-10-32)26(35)36-27(2,3)4/h6-8,13-18H,1,9-12H2,2-5H3. The van der Waals surface area contributed by atoms with Gasteiger partial charge in [-0.15, -0.1) is 0 Å². The lowest BCUT2D eigenvalue weighted by molar-refractivity contribution is 0.0240. The molecule has 1 amide bonds. The van der Waals surface area contributed by atoms with Crippen LogP contribution in [-0.2, 0) is 11.8 Å². The topological polar surface area (TPSA) is 80.8 Å². The van der Waals surface area contributed by atoms with Crippen molar-refractivity contribution in [3.63, 3.8) is 0 Å². The highest BCUT2D eigenvalue weighted by atomic mass is 16.6. The van der Waals surface area contributed by atoms with Crippen LogP contribution < -0.4 is 4.90 Å². The summed E-state index contributed by atoms with van der Waals surface area (Å²) in [5, 5.41) is 8.86. The van der Waals surface area contributed by atoms with Gasteiger partial charge in [-0.2, -0.15) is 10.2 Å². The number of anilines is 1. The Hall–Kier alpha value is -4.14. The number of piperazine rings is 1. The average molecular weight is 486 g/mol. The minimum Gasteiger partial charge on any atom is -0.444 e. The van der Waals surface area contributed by atoms with Gasteiger partial charge in [0, 0.05) is 79.6 Å². The van der Waals surface area contributed by atoms with Crippen LogP contribution in [0.15, 0.2) is 55.8 Å². The second-order valence-corrected chi connectivity index (χ2v) is 10.0. The zero-order valence-electron chi connectivity index (χ0n) is 21.2. The normalized spacial score (nSPS) is 14.3. The van der Waals surface area contributed by atoms with Crippen LogP contribution >= 0.6 is 0 Å². The summed E-state index contributed by atoms with van der Waals surface area (Å²) in [6.45, 7) is 12.2. The Bertz CT molecular complexity index is 1400. The van der Waals surface area contributed by atoms with Gasteiger partial charge in [0.25, 0.3) is 0 Å². The summed E-state index contributed by atoms with van der Waals surface area (Å²) in [6, 6.07) is 6.28. The third-order valence-electron chi connectivity index (χ3n) is 6.21. The Balaban J connectivity index is 1.40. The van der Waals surface area contributed by atoms with Crippen LogP contribution in [0.3, 0.4) is 0 Å². The molecule has 0 spiro atoms. The molecule has 0 aliphatic carbocycles. The number of ether oxygens (including phenoxy) is 1. The first-order valence-corrected chi connectivity index (χ1v) is 12.0. The fourth-order valence-electron chi connectivity index (χ4n) is 4.42. The Morgan fingerprint density at radius 3 is 2.39 bits per heavy atom. The van der Waals surface area contributed by atoms with Crippen LogP contribution in [0.25, 0.3) is 33.8 Å². The molecule has 1 fully saturated rings. The first-order chi connectivity index (χ1) is 17.2. The van der Waals surface area contributed by atoms with E-state index in [0.717, 1.165) is 39.2 Å². The van der Waals surface area contributed by atoms with Crippen molar-refractivity contribution in [2.45, 2.75) is 26.4 Å². The van der Waals surface area contributed by atoms with Gasteiger partial charge >= 0.3 is 6.09 Å². The molecule has 4 aromatic rings. The van der Waals surface area contributed by atoms with Crippen molar-refractivity contribution in [3.05, 3.63) is 61.3 Å². The smallest absolute Gasteiger partial charge is 0.410 e.